The number of carbonyl (C=O) groups excluding carboxylic acids is 1. The van der Waals surface area contributed by atoms with Crippen LogP contribution in [0.25, 0.3) is 23.8 Å². The third-order valence-electron chi connectivity index (χ3n) is 4.56. The minimum absolute atomic E-state index is 0.179. The molecule has 1 aliphatic heterocycles. The van der Waals surface area contributed by atoms with Crippen LogP contribution in [0.1, 0.15) is 43.4 Å². The van der Waals surface area contributed by atoms with E-state index in [1.165, 1.54) is 12.3 Å². The molecular formula is C24H22N4O4. The molecule has 162 valence electrons. The summed E-state index contributed by atoms with van der Waals surface area (Å²) in [4.78, 5) is 35.5. The highest BCUT2D eigenvalue weighted by molar-refractivity contribution is 6.21. The predicted octanol–water partition coefficient (Wildman–Crippen LogP) is 4.49. The van der Waals surface area contributed by atoms with Gasteiger partial charge in [0.25, 0.3) is 0 Å². The number of aromatic hydroxyl groups is 1. The van der Waals surface area contributed by atoms with Crippen LogP contribution in [-0.2, 0) is 4.74 Å². The van der Waals surface area contributed by atoms with E-state index in [9.17, 15) is 14.7 Å². The number of para-hydroxylation sites is 1. The summed E-state index contributed by atoms with van der Waals surface area (Å²) in [7, 11) is 0. The average Bonchev–Trinajstić information content (AvgIpc) is 3.28. The van der Waals surface area contributed by atoms with E-state index in [0.29, 0.717) is 5.56 Å². The quantitative estimate of drug-likeness (QED) is 0.636. The van der Waals surface area contributed by atoms with Crippen LogP contribution < -0.4 is 5.56 Å². The maximum Gasteiger partial charge on any atom is 0.423 e. The van der Waals surface area contributed by atoms with Gasteiger partial charge in [-0.05, 0) is 56.7 Å². The number of aromatic amines is 1. The first kappa shape index (κ1) is 21.0. The number of fused-ring (bicyclic) bond motifs is 1. The van der Waals surface area contributed by atoms with Gasteiger partial charge in [-0.25, -0.2) is 9.78 Å². The number of rotatable bonds is 3. The van der Waals surface area contributed by atoms with E-state index in [1.807, 2.05) is 24.3 Å². The molecule has 0 saturated carbocycles. The van der Waals surface area contributed by atoms with Crippen molar-refractivity contribution in [2.24, 2.45) is 4.99 Å². The number of H-pyrrole nitrogens is 1. The number of hydrogen-bond acceptors (Lipinski definition) is 6. The molecule has 3 aromatic rings. The van der Waals surface area contributed by atoms with Gasteiger partial charge in [0, 0.05) is 29.6 Å². The second kappa shape index (κ2) is 8.14. The fraction of sp³-hybridized carbons (Fsp3) is 0.167. The van der Waals surface area contributed by atoms with E-state index in [4.69, 9.17) is 4.74 Å². The predicted molar refractivity (Wildman–Crippen MR) is 124 cm³/mol. The van der Waals surface area contributed by atoms with Gasteiger partial charge in [-0.3, -0.25) is 9.79 Å². The highest BCUT2D eigenvalue weighted by Crippen LogP contribution is 2.34. The summed E-state index contributed by atoms with van der Waals surface area (Å²) in [5.41, 5.74) is 2.41. The van der Waals surface area contributed by atoms with Crippen molar-refractivity contribution < 1.29 is 14.6 Å². The molecule has 3 heterocycles. The molecule has 1 aromatic carbocycles. The molecule has 1 aliphatic rings. The zero-order valence-corrected chi connectivity index (χ0v) is 17.9. The Morgan fingerprint density at radius 1 is 1.16 bits per heavy atom. The van der Waals surface area contributed by atoms with E-state index < -0.39 is 11.7 Å². The lowest BCUT2D eigenvalue weighted by atomic mass is 10.1. The Morgan fingerprint density at radius 3 is 2.66 bits per heavy atom. The number of imidazole rings is 1. The Bertz CT molecular complexity index is 1320. The molecule has 0 saturated heterocycles. The van der Waals surface area contributed by atoms with Crippen molar-refractivity contribution in [3.05, 3.63) is 75.6 Å². The van der Waals surface area contributed by atoms with Crippen LogP contribution in [0, 0.1) is 0 Å². The van der Waals surface area contributed by atoms with Crippen molar-refractivity contribution in [3.63, 3.8) is 0 Å². The van der Waals surface area contributed by atoms with Gasteiger partial charge in [-0.1, -0.05) is 18.2 Å². The number of ether oxygens (including phenoxy) is 1. The topological polar surface area (TPSA) is 110 Å². The fourth-order valence-electron chi connectivity index (χ4n) is 3.14. The molecule has 0 amide bonds. The Morgan fingerprint density at radius 2 is 1.94 bits per heavy atom. The van der Waals surface area contributed by atoms with Crippen molar-refractivity contribution in [1.29, 1.82) is 0 Å². The zero-order chi connectivity index (χ0) is 22.9. The molecule has 0 bridgehead atoms. The number of aliphatic imine (C=N–C) groups is 1. The number of hydrogen-bond donors (Lipinski definition) is 2. The number of aromatic nitrogens is 3. The van der Waals surface area contributed by atoms with Gasteiger partial charge in [0.15, 0.2) is 0 Å². The van der Waals surface area contributed by atoms with E-state index >= 15 is 0 Å². The largest absolute Gasteiger partial charge is 0.493 e. The van der Waals surface area contributed by atoms with Gasteiger partial charge in [0.1, 0.15) is 17.1 Å². The van der Waals surface area contributed by atoms with E-state index in [-0.39, 0.29) is 23.0 Å². The van der Waals surface area contributed by atoms with Crippen LogP contribution in [0.5, 0.6) is 5.88 Å². The maximum atomic E-state index is 12.8. The molecule has 32 heavy (non-hydrogen) atoms. The molecule has 0 atom stereocenters. The van der Waals surface area contributed by atoms with Crippen molar-refractivity contribution in [2.45, 2.75) is 26.4 Å². The summed E-state index contributed by atoms with van der Waals surface area (Å²) in [6.07, 6.45) is 7.37. The number of allylic oxidation sites excluding steroid dienone is 1. The number of pyridine rings is 1. The summed E-state index contributed by atoms with van der Waals surface area (Å²) in [5.74, 6) is -0.163. The highest BCUT2D eigenvalue weighted by atomic mass is 16.6. The summed E-state index contributed by atoms with van der Waals surface area (Å²) in [6.45, 7) is 5.22. The molecule has 0 unspecified atom stereocenters. The lowest BCUT2D eigenvalue weighted by molar-refractivity contribution is 0.0524. The van der Waals surface area contributed by atoms with Gasteiger partial charge in [-0.2, -0.15) is 4.57 Å². The smallest absolute Gasteiger partial charge is 0.423 e. The molecule has 0 aliphatic carbocycles. The Balaban J connectivity index is 1.77. The minimum Gasteiger partial charge on any atom is -0.493 e. The summed E-state index contributed by atoms with van der Waals surface area (Å²) in [5, 5.41) is 10.8. The van der Waals surface area contributed by atoms with Crippen molar-refractivity contribution in [2.75, 3.05) is 0 Å². The van der Waals surface area contributed by atoms with E-state index in [2.05, 4.69) is 15.0 Å². The average molecular weight is 430 g/mol. The SMILES string of the molecule is CC(C)(C)OC(=O)n1c(/C=C/c2ccc(=O)[nH]c2)nc(C=C2C=Nc3ccccc32)c1O. The van der Waals surface area contributed by atoms with Crippen LogP contribution in [0.15, 0.2) is 52.4 Å². The maximum absolute atomic E-state index is 12.8. The first-order valence-corrected chi connectivity index (χ1v) is 9.98. The minimum atomic E-state index is -0.761. The lowest BCUT2D eigenvalue weighted by Crippen LogP contribution is -2.27. The lowest BCUT2D eigenvalue weighted by Gasteiger charge is -2.20. The Hall–Kier alpha value is -4.20. The summed E-state index contributed by atoms with van der Waals surface area (Å²) >= 11 is 0. The monoisotopic (exact) mass is 430 g/mol. The van der Waals surface area contributed by atoms with Gasteiger partial charge < -0.3 is 14.8 Å². The molecular weight excluding hydrogens is 408 g/mol. The first-order chi connectivity index (χ1) is 15.2. The van der Waals surface area contributed by atoms with Crippen LogP contribution in [0.3, 0.4) is 0 Å². The van der Waals surface area contributed by atoms with Gasteiger partial charge in [0.2, 0.25) is 11.4 Å². The third-order valence-corrected chi connectivity index (χ3v) is 4.56. The fourth-order valence-corrected chi connectivity index (χ4v) is 3.14. The van der Waals surface area contributed by atoms with Gasteiger partial charge in [-0.15, -0.1) is 0 Å². The Kier molecular flexibility index (Phi) is 5.36. The first-order valence-electron chi connectivity index (χ1n) is 9.98. The van der Waals surface area contributed by atoms with Gasteiger partial charge in [0.05, 0.1) is 5.69 Å². The molecule has 0 radical (unpaired) electrons. The van der Waals surface area contributed by atoms with Crippen molar-refractivity contribution >= 4 is 41.8 Å². The van der Waals surface area contributed by atoms with Crippen molar-refractivity contribution in [1.82, 2.24) is 14.5 Å². The Labute approximate surface area is 184 Å². The van der Waals surface area contributed by atoms with Crippen LogP contribution in [0.2, 0.25) is 0 Å². The highest BCUT2D eigenvalue weighted by Gasteiger charge is 2.25. The summed E-state index contributed by atoms with van der Waals surface area (Å²) < 4.78 is 6.46. The molecule has 8 heteroatoms. The second-order valence-corrected chi connectivity index (χ2v) is 8.19. The molecule has 2 aromatic heterocycles. The number of nitrogens with one attached hydrogen (secondary N) is 1. The van der Waals surface area contributed by atoms with Crippen LogP contribution in [-0.4, -0.2) is 37.6 Å². The zero-order valence-electron chi connectivity index (χ0n) is 17.9. The molecule has 8 nitrogen and oxygen atoms in total. The number of carbonyl (C=O) groups is 1. The summed E-state index contributed by atoms with van der Waals surface area (Å²) in [6, 6.07) is 10.6. The van der Waals surface area contributed by atoms with Crippen LogP contribution >= 0.6 is 0 Å². The molecule has 4 rings (SSSR count). The van der Waals surface area contributed by atoms with Crippen LogP contribution in [0.4, 0.5) is 10.5 Å². The van der Waals surface area contributed by atoms with Crippen molar-refractivity contribution in [3.8, 4) is 5.88 Å². The standard InChI is InChI=1S/C24H22N4O4/c1-24(2,3)32-23(31)28-20(10-8-15-9-11-21(29)26-13-15)27-19(22(28)30)12-16-14-25-18-7-5-4-6-17(16)18/h4-14,30H,1-3H3,(H,26,29)/b10-8+,16-12?. The van der Waals surface area contributed by atoms with E-state index in [1.54, 1.807) is 51.3 Å². The molecule has 0 fully saturated rings. The normalized spacial score (nSPS) is 14.3. The molecule has 0 spiro atoms. The van der Waals surface area contributed by atoms with Gasteiger partial charge >= 0.3 is 6.09 Å². The number of benzene rings is 1. The molecule has 2 N–H and O–H groups in total. The second-order valence-electron chi connectivity index (χ2n) is 8.19. The third kappa shape index (κ3) is 4.44. The number of nitrogens with zero attached hydrogens (tertiary/aromatic N) is 3. The van der Waals surface area contributed by atoms with E-state index in [0.717, 1.165) is 21.4 Å².